The lowest BCUT2D eigenvalue weighted by Gasteiger charge is -2.04. The van der Waals surface area contributed by atoms with Gasteiger partial charge in [0, 0.05) is 24.3 Å². The number of benzene rings is 2. The molecule has 0 unspecified atom stereocenters. The lowest BCUT2D eigenvalue weighted by Crippen LogP contribution is -2.23. The van der Waals surface area contributed by atoms with Gasteiger partial charge >= 0.3 is 0 Å². The number of rotatable bonds is 6. The van der Waals surface area contributed by atoms with Gasteiger partial charge in [-0.25, -0.2) is 8.78 Å². The molecule has 3 N–H and O–H groups in total. The molecular formula is C18H16F2N2O2. The van der Waals surface area contributed by atoms with Crippen molar-refractivity contribution in [3.63, 3.8) is 0 Å². The predicted molar refractivity (Wildman–Crippen MR) is 87.1 cm³/mol. The molecule has 2 amide bonds. The molecule has 0 heterocycles. The van der Waals surface area contributed by atoms with Crippen LogP contribution in [0.5, 0.6) is 0 Å². The molecule has 0 atom stereocenters. The minimum Gasteiger partial charge on any atom is -0.366 e. The normalized spacial score (nSPS) is 10.8. The number of carbonyl (C=O) groups excluding carboxylic acids is 2. The van der Waals surface area contributed by atoms with E-state index in [9.17, 15) is 18.4 Å². The fourth-order valence-corrected chi connectivity index (χ4v) is 2.03. The van der Waals surface area contributed by atoms with Crippen LogP contribution in [0.15, 0.2) is 48.5 Å². The van der Waals surface area contributed by atoms with Crippen LogP contribution in [0.4, 0.5) is 8.78 Å². The molecule has 0 saturated carbocycles. The fourth-order valence-electron chi connectivity index (χ4n) is 2.03. The first-order chi connectivity index (χ1) is 11.5. The molecule has 0 bridgehead atoms. The standard InChI is InChI=1S/C18H16F2N2O2/c19-15-7-6-13(16(20)11-15)9-10-22-17(23)8-3-12-1-4-14(5-2-12)18(21)24/h1-8,11H,9-10H2,(H2,21,24)(H,22,23)/b8-3+. The number of hydrogen-bond donors (Lipinski definition) is 2. The fraction of sp³-hybridized carbons (Fsp3) is 0.111. The van der Waals surface area contributed by atoms with Gasteiger partial charge in [0.25, 0.3) is 0 Å². The van der Waals surface area contributed by atoms with Crippen molar-refractivity contribution >= 4 is 17.9 Å². The SMILES string of the molecule is NC(=O)c1ccc(/C=C/C(=O)NCCc2ccc(F)cc2F)cc1. The van der Waals surface area contributed by atoms with E-state index >= 15 is 0 Å². The molecule has 0 radical (unpaired) electrons. The molecule has 4 nitrogen and oxygen atoms in total. The van der Waals surface area contributed by atoms with E-state index in [1.165, 1.54) is 18.2 Å². The molecule has 2 aromatic carbocycles. The van der Waals surface area contributed by atoms with Crippen molar-refractivity contribution in [2.45, 2.75) is 6.42 Å². The number of carbonyl (C=O) groups is 2. The summed E-state index contributed by atoms with van der Waals surface area (Å²) in [7, 11) is 0. The first-order valence-electron chi connectivity index (χ1n) is 7.25. The highest BCUT2D eigenvalue weighted by Gasteiger charge is 2.04. The number of amides is 2. The zero-order chi connectivity index (χ0) is 17.5. The molecule has 24 heavy (non-hydrogen) atoms. The second-order valence-corrected chi connectivity index (χ2v) is 5.10. The number of nitrogens with one attached hydrogen (secondary N) is 1. The van der Waals surface area contributed by atoms with Crippen LogP contribution in [0.1, 0.15) is 21.5 Å². The molecule has 0 aliphatic carbocycles. The van der Waals surface area contributed by atoms with Gasteiger partial charge in [0.2, 0.25) is 11.8 Å². The molecular weight excluding hydrogens is 314 g/mol. The van der Waals surface area contributed by atoms with Crippen molar-refractivity contribution in [1.29, 1.82) is 0 Å². The summed E-state index contributed by atoms with van der Waals surface area (Å²) in [5.74, 6) is -2.12. The van der Waals surface area contributed by atoms with Crippen LogP contribution < -0.4 is 11.1 Å². The number of hydrogen-bond acceptors (Lipinski definition) is 2. The van der Waals surface area contributed by atoms with Crippen LogP contribution in [0, 0.1) is 11.6 Å². The van der Waals surface area contributed by atoms with E-state index in [-0.39, 0.29) is 18.9 Å². The minimum atomic E-state index is -0.634. The second-order valence-electron chi connectivity index (χ2n) is 5.10. The Hall–Kier alpha value is -3.02. The molecule has 0 fully saturated rings. The average molecular weight is 330 g/mol. The van der Waals surface area contributed by atoms with Crippen molar-refractivity contribution < 1.29 is 18.4 Å². The summed E-state index contributed by atoms with van der Waals surface area (Å²) in [6.07, 6.45) is 3.18. The van der Waals surface area contributed by atoms with E-state index in [0.29, 0.717) is 11.1 Å². The summed E-state index contributed by atoms with van der Waals surface area (Å²) in [5, 5.41) is 2.61. The van der Waals surface area contributed by atoms with Gasteiger partial charge in [-0.15, -0.1) is 0 Å². The Morgan fingerprint density at radius 1 is 1.08 bits per heavy atom. The first kappa shape index (κ1) is 17.3. The van der Waals surface area contributed by atoms with Gasteiger partial charge in [0.1, 0.15) is 11.6 Å². The Labute approximate surface area is 138 Å². The van der Waals surface area contributed by atoms with Gasteiger partial charge in [-0.1, -0.05) is 18.2 Å². The third-order valence-corrected chi connectivity index (χ3v) is 3.33. The van der Waals surface area contributed by atoms with E-state index < -0.39 is 17.5 Å². The number of primary amides is 1. The Bertz CT molecular complexity index is 771. The molecule has 124 valence electrons. The largest absolute Gasteiger partial charge is 0.366 e. The summed E-state index contributed by atoms with van der Waals surface area (Å²) in [5.41, 5.74) is 6.60. The minimum absolute atomic E-state index is 0.229. The van der Waals surface area contributed by atoms with Gasteiger partial charge in [-0.2, -0.15) is 0 Å². The third kappa shape index (κ3) is 5.01. The summed E-state index contributed by atoms with van der Waals surface area (Å²) >= 11 is 0. The molecule has 0 aromatic heterocycles. The number of halogens is 2. The second kappa shape index (κ2) is 8.01. The van der Waals surface area contributed by atoms with Gasteiger partial charge in [0.15, 0.2) is 0 Å². The van der Waals surface area contributed by atoms with Crippen molar-refractivity contribution in [3.05, 3.63) is 76.9 Å². The van der Waals surface area contributed by atoms with E-state index in [0.717, 1.165) is 11.6 Å². The summed E-state index contributed by atoms with van der Waals surface area (Å²) in [4.78, 5) is 22.6. The van der Waals surface area contributed by atoms with Gasteiger partial charge < -0.3 is 11.1 Å². The molecule has 0 aliphatic rings. The average Bonchev–Trinajstić information content (AvgIpc) is 2.55. The van der Waals surface area contributed by atoms with Crippen LogP contribution in [0.2, 0.25) is 0 Å². The van der Waals surface area contributed by atoms with Gasteiger partial charge in [-0.05, 0) is 41.8 Å². The Morgan fingerprint density at radius 3 is 2.42 bits per heavy atom. The van der Waals surface area contributed by atoms with Crippen LogP contribution in [-0.2, 0) is 11.2 Å². The highest BCUT2D eigenvalue weighted by molar-refractivity contribution is 5.94. The van der Waals surface area contributed by atoms with E-state index in [1.807, 2.05) is 0 Å². The van der Waals surface area contributed by atoms with Crippen LogP contribution in [-0.4, -0.2) is 18.4 Å². The Balaban J connectivity index is 1.83. The molecule has 0 spiro atoms. The zero-order valence-corrected chi connectivity index (χ0v) is 12.8. The molecule has 2 aromatic rings. The predicted octanol–water partition coefficient (Wildman–Crippen LogP) is 2.44. The highest BCUT2D eigenvalue weighted by atomic mass is 19.1. The van der Waals surface area contributed by atoms with E-state index in [4.69, 9.17) is 5.73 Å². The zero-order valence-electron chi connectivity index (χ0n) is 12.8. The summed E-state index contributed by atoms with van der Waals surface area (Å²) < 4.78 is 26.2. The van der Waals surface area contributed by atoms with Crippen molar-refractivity contribution in [3.8, 4) is 0 Å². The summed E-state index contributed by atoms with van der Waals surface area (Å²) in [6, 6.07) is 9.81. The third-order valence-electron chi connectivity index (χ3n) is 3.33. The van der Waals surface area contributed by atoms with Crippen LogP contribution >= 0.6 is 0 Å². The quantitative estimate of drug-likeness (QED) is 0.799. The maximum atomic E-state index is 13.4. The van der Waals surface area contributed by atoms with Crippen molar-refractivity contribution in [2.24, 2.45) is 5.73 Å². The highest BCUT2D eigenvalue weighted by Crippen LogP contribution is 2.09. The topological polar surface area (TPSA) is 72.2 Å². The Kier molecular flexibility index (Phi) is 5.78. The van der Waals surface area contributed by atoms with Crippen LogP contribution in [0.3, 0.4) is 0 Å². The number of nitrogens with two attached hydrogens (primary N) is 1. The lowest BCUT2D eigenvalue weighted by atomic mass is 10.1. The molecule has 2 rings (SSSR count). The maximum absolute atomic E-state index is 13.4. The first-order valence-corrected chi connectivity index (χ1v) is 7.25. The van der Waals surface area contributed by atoms with Crippen molar-refractivity contribution in [1.82, 2.24) is 5.32 Å². The van der Waals surface area contributed by atoms with Gasteiger partial charge in [-0.3, -0.25) is 9.59 Å². The van der Waals surface area contributed by atoms with Crippen LogP contribution in [0.25, 0.3) is 6.08 Å². The maximum Gasteiger partial charge on any atom is 0.248 e. The van der Waals surface area contributed by atoms with Crippen molar-refractivity contribution in [2.75, 3.05) is 6.54 Å². The molecule has 0 saturated heterocycles. The lowest BCUT2D eigenvalue weighted by molar-refractivity contribution is -0.116. The van der Waals surface area contributed by atoms with E-state index in [1.54, 1.807) is 30.3 Å². The molecule has 6 heteroatoms. The smallest absolute Gasteiger partial charge is 0.248 e. The molecule has 0 aliphatic heterocycles. The monoisotopic (exact) mass is 330 g/mol. The van der Waals surface area contributed by atoms with Gasteiger partial charge in [0.05, 0.1) is 0 Å². The summed E-state index contributed by atoms with van der Waals surface area (Å²) in [6.45, 7) is 0.229. The Morgan fingerprint density at radius 2 is 1.79 bits per heavy atom. The van der Waals surface area contributed by atoms with E-state index in [2.05, 4.69) is 5.32 Å².